The number of amides is 1. The lowest BCUT2D eigenvalue weighted by Gasteiger charge is -2.37. The molecule has 0 aromatic heterocycles. The summed E-state index contributed by atoms with van der Waals surface area (Å²) >= 11 is 0. The van der Waals surface area contributed by atoms with Crippen LogP contribution in [0.15, 0.2) is 24.3 Å². The van der Waals surface area contributed by atoms with E-state index in [2.05, 4.69) is 17.0 Å². The summed E-state index contributed by atoms with van der Waals surface area (Å²) in [4.78, 5) is 12.4. The van der Waals surface area contributed by atoms with Crippen LogP contribution in [-0.2, 0) is 10.0 Å². The molecule has 1 aliphatic carbocycles. The Labute approximate surface area is 156 Å². The molecule has 0 atom stereocenters. The number of hydrogen-bond acceptors (Lipinski definition) is 4. The van der Waals surface area contributed by atoms with Crippen molar-refractivity contribution in [3.05, 3.63) is 29.8 Å². The quantitative estimate of drug-likeness (QED) is 0.643. The lowest BCUT2D eigenvalue weighted by atomic mass is 9.82. The average Bonchev–Trinajstić information content (AvgIpc) is 2.60. The zero-order valence-corrected chi connectivity index (χ0v) is 16.5. The maximum absolute atomic E-state index is 12.4. The highest BCUT2D eigenvalue weighted by molar-refractivity contribution is 7.88. The Kier molecular flexibility index (Phi) is 7.46. The average molecular weight is 383 g/mol. The van der Waals surface area contributed by atoms with Gasteiger partial charge >= 0.3 is 0 Å². The van der Waals surface area contributed by atoms with Crippen molar-refractivity contribution >= 4 is 15.9 Å². The SMILES string of the molecule is CCCCOc1ccc(C(=O)NCC2(NS(C)(=O)=O)CCCCC2)cc1. The van der Waals surface area contributed by atoms with Gasteiger partial charge in [-0.2, -0.15) is 0 Å². The van der Waals surface area contributed by atoms with E-state index in [1.165, 1.54) is 6.26 Å². The van der Waals surface area contributed by atoms with E-state index >= 15 is 0 Å². The molecule has 7 heteroatoms. The van der Waals surface area contributed by atoms with Crippen molar-refractivity contribution in [2.24, 2.45) is 0 Å². The highest BCUT2D eigenvalue weighted by Crippen LogP contribution is 2.28. The minimum atomic E-state index is -3.33. The van der Waals surface area contributed by atoms with Crippen molar-refractivity contribution < 1.29 is 17.9 Å². The molecule has 0 aliphatic heterocycles. The summed E-state index contributed by atoms with van der Waals surface area (Å²) < 4.78 is 31.8. The molecular weight excluding hydrogens is 352 g/mol. The van der Waals surface area contributed by atoms with E-state index in [0.29, 0.717) is 18.7 Å². The first-order valence-electron chi connectivity index (χ1n) is 9.34. The van der Waals surface area contributed by atoms with Gasteiger partial charge in [0.25, 0.3) is 5.91 Å². The number of sulfonamides is 1. The van der Waals surface area contributed by atoms with E-state index < -0.39 is 15.6 Å². The molecule has 0 radical (unpaired) electrons. The van der Waals surface area contributed by atoms with Crippen LogP contribution >= 0.6 is 0 Å². The van der Waals surface area contributed by atoms with E-state index in [9.17, 15) is 13.2 Å². The highest BCUT2D eigenvalue weighted by atomic mass is 32.2. The Morgan fingerprint density at radius 2 is 1.81 bits per heavy atom. The number of carbonyl (C=O) groups excluding carboxylic acids is 1. The summed E-state index contributed by atoms with van der Waals surface area (Å²) in [6.45, 7) is 3.07. The van der Waals surface area contributed by atoms with E-state index in [4.69, 9.17) is 4.74 Å². The van der Waals surface area contributed by atoms with E-state index in [1.807, 2.05) is 0 Å². The zero-order valence-electron chi connectivity index (χ0n) is 15.7. The van der Waals surface area contributed by atoms with Gasteiger partial charge in [-0.15, -0.1) is 0 Å². The Bertz CT molecular complexity index is 680. The summed E-state index contributed by atoms with van der Waals surface area (Å²) in [5.74, 6) is 0.544. The van der Waals surface area contributed by atoms with Crippen molar-refractivity contribution in [1.82, 2.24) is 10.0 Å². The summed E-state index contributed by atoms with van der Waals surface area (Å²) in [7, 11) is -3.33. The van der Waals surface area contributed by atoms with Crippen LogP contribution < -0.4 is 14.8 Å². The second-order valence-corrected chi connectivity index (χ2v) is 8.87. The van der Waals surface area contributed by atoms with Crippen LogP contribution in [0.4, 0.5) is 0 Å². The lowest BCUT2D eigenvalue weighted by molar-refractivity contribution is 0.0934. The maximum Gasteiger partial charge on any atom is 0.251 e. The van der Waals surface area contributed by atoms with E-state index in [0.717, 1.165) is 50.7 Å². The van der Waals surface area contributed by atoms with Gasteiger partial charge in [0.05, 0.1) is 18.4 Å². The van der Waals surface area contributed by atoms with Crippen molar-refractivity contribution in [3.63, 3.8) is 0 Å². The van der Waals surface area contributed by atoms with Crippen LogP contribution in [0.2, 0.25) is 0 Å². The number of nitrogens with one attached hydrogen (secondary N) is 2. The van der Waals surface area contributed by atoms with Crippen LogP contribution in [0, 0.1) is 0 Å². The minimum absolute atomic E-state index is 0.203. The molecule has 0 bridgehead atoms. The van der Waals surface area contributed by atoms with Gasteiger partial charge in [-0.25, -0.2) is 13.1 Å². The van der Waals surface area contributed by atoms with E-state index in [-0.39, 0.29) is 5.91 Å². The lowest BCUT2D eigenvalue weighted by Crippen LogP contribution is -2.56. The standard InChI is InChI=1S/C19H30N2O4S/c1-3-4-14-25-17-10-8-16(9-11-17)18(22)20-15-19(21-26(2,23)24)12-6-5-7-13-19/h8-11,21H,3-7,12-15H2,1-2H3,(H,20,22). The molecule has 1 amide bonds. The van der Waals surface area contributed by atoms with Crippen LogP contribution in [-0.4, -0.2) is 39.3 Å². The number of benzene rings is 1. The second-order valence-electron chi connectivity index (χ2n) is 7.12. The molecule has 0 saturated heterocycles. The van der Waals surface area contributed by atoms with Gasteiger partial charge in [-0.05, 0) is 43.5 Å². The van der Waals surface area contributed by atoms with Gasteiger partial charge in [-0.3, -0.25) is 4.79 Å². The van der Waals surface area contributed by atoms with Crippen LogP contribution in [0.25, 0.3) is 0 Å². The third-order valence-electron chi connectivity index (χ3n) is 4.68. The first-order chi connectivity index (χ1) is 12.3. The summed E-state index contributed by atoms with van der Waals surface area (Å²) in [6.07, 6.45) is 7.74. The molecule has 0 unspecified atom stereocenters. The van der Waals surface area contributed by atoms with Crippen molar-refractivity contribution in [3.8, 4) is 5.75 Å². The van der Waals surface area contributed by atoms with Gasteiger partial charge < -0.3 is 10.1 Å². The molecular formula is C19H30N2O4S. The number of carbonyl (C=O) groups is 1. The molecule has 0 spiro atoms. The third-order valence-corrected chi connectivity index (χ3v) is 5.49. The Balaban J connectivity index is 1.95. The first-order valence-corrected chi connectivity index (χ1v) is 11.2. The normalized spacial score (nSPS) is 16.8. The highest BCUT2D eigenvalue weighted by Gasteiger charge is 2.35. The van der Waals surface area contributed by atoms with Gasteiger partial charge in [0.1, 0.15) is 5.75 Å². The van der Waals surface area contributed by atoms with Gasteiger partial charge in [0.15, 0.2) is 0 Å². The van der Waals surface area contributed by atoms with Crippen LogP contribution in [0.5, 0.6) is 5.75 Å². The molecule has 1 aromatic carbocycles. The van der Waals surface area contributed by atoms with Gasteiger partial charge in [-0.1, -0.05) is 32.6 Å². The minimum Gasteiger partial charge on any atom is -0.494 e. The smallest absolute Gasteiger partial charge is 0.251 e. The topological polar surface area (TPSA) is 84.5 Å². The molecule has 26 heavy (non-hydrogen) atoms. The van der Waals surface area contributed by atoms with Crippen molar-refractivity contribution in [2.45, 2.75) is 57.4 Å². The third kappa shape index (κ3) is 6.61. The molecule has 2 rings (SSSR count). The fourth-order valence-electron chi connectivity index (χ4n) is 3.33. The number of hydrogen-bond donors (Lipinski definition) is 2. The van der Waals surface area contributed by atoms with Crippen LogP contribution in [0.3, 0.4) is 0 Å². The molecule has 1 aromatic rings. The molecule has 0 heterocycles. The maximum atomic E-state index is 12.4. The van der Waals surface area contributed by atoms with Crippen molar-refractivity contribution in [2.75, 3.05) is 19.4 Å². The zero-order chi connectivity index (χ0) is 19.0. The Morgan fingerprint density at radius 3 is 2.38 bits per heavy atom. The first kappa shape index (κ1) is 20.7. The molecule has 1 fully saturated rings. The summed E-state index contributed by atoms with van der Waals surface area (Å²) in [5, 5.41) is 2.90. The monoisotopic (exact) mass is 382 g/mol. The van der Waals surface area contributed by atoms with Crippen LogP contribution in [0.1, 0.15) is 62.2 Å². The Hall–Kier alpha value is -1.60. The van der Waals surface area contributed by atoms with Gasteiger partial charge in [0, 0.05) is 12.1 Å². The molecule has 1 aliphatic rings. The van der Waals surface area contributed by atoms with Crippen molar-refractivity contribution in [1.29, 1.82) is 0 Å². The number of unbranched alkanes of at least 4 members (excludes halogenated alkanes) is 1. The molecule has 146 valence electrons. The number of rotatable bonds is 9. The Morgan fingerprint density at radius 1 is 1.15 bits per heavy atom. The fourth-order valence-corrected chi connectivity index (χ4v) is 4.39. The number of ether oxygens (including phenoxy) is 1. The predicted octanol–water partition coefficient (Wildman–Crippen LogP) is 2.85. The predicted molar refractivity (Wildman–Crippen MR) is 103 cm³/mol. The molecule has 2 N–H and O–H groups in total. The molecule has 6 nitrogen and oxygen atoms in total. The largest absolute Gasteiger partial charge is 0.494 e. The molecule has 1 saturated carbocycles. The van der Waals surface area contributed by atoms with E-state index in [1.54, 1.807) is 24.3 Å². The summed E-state index contributed by atoms with van der Waals surface area (Å²) in [6, 6.07) is 7.04. The fraction of sp³-hybridized carbons (Fsp3) is 0.632. The van der Waals surface area contributed by atoms with Gasteiger partial charge in [0.2, 0.25) is 10.0 Å². The summed E-state index contributed by atoms with van der Waals surface area (Å²) in [5.41, 5.74) is -0.0387. The second kappa shape index (κ2) is 9.37.